The summed E-state index contributed by atoms with van der Waals surface area (Å²) in [7, 11) is 0. The maximum atomic E-state index is 9.59. The van der Waals surface area contributed by atoms with Gasteiger partial charge < -0.3 is 15.5 Å². The number of aliphatic hydroxyl groups is 2. The molecule has 0 amide bonds. The second kappa shape index (κ2) is 5.95. The van der Waals surface area contributed by atoms with E-state index in [4.69, 9.17) is 0 Å². The van der Waals surface area contributed by atoms with Gasteiger partial charge in [0.2, 0.25) is 0 Å². The first-order valence-electron chi connectivity index (χ1n) is 8.72. The van der Waals surface area contributed by atoms with Gasteiger partial charge in [0, 0.05) is 6.04 Å². The maximum absolute atomic E-state index is 9.59. The van der Waals surface area contributed by atoms with Crippen LogP contribution in [0, 0.1) is 0 Å². The molecule has 0 aliphatic heterocycles. The van der Waals surface area contributed by atoms with Gasteiger partial charge in [0.05, 0.1) is 18.8 Å². The summed E-state index contributed by atoms with van der Waals surface area (Å²) in [4.78, 5) is 0. The van der Waals surface area contributed by atoms with Gasteiger partial charge in [-0.3, -0.25) is 0 Å². The predicted octanol–water partition coefficient (Wildman–Crippen LogP) is 3.98. The first-order valence-corrected chi connectivity index (χ1v) is 8.72. The van der Waals surface area contributed by atoms with Gasteiger partial charge in [0.1, 0.15) is 0 Å². The van der Waals surface area contributed by atoms with Gasteiger partial charge in [-0.2, -0.15) is 0 Å². The molecule has 4 aromatic rings. The Labute approximate surface area is 147 Å². The van der Waals surface area contributed by atoms with Crippen LogP contribution >= 0.6 is 0 Å². The van der Waals surface area contributed by atoms with Crippen LogP contribution in [0.5, 0.6) is 0 Å². The summed E-state index contributed by atoms with van der Waals surface area (Å²) in [5.74, 6) is 0. The second-order valence-corrected chi connectivity index (χ2v) is 7.25. The van der Waals surface area contributed by atoms with Crippen LogP contribution in [0.15, 0.2) is 54.6 Å². The third-order valence-electron chi connectivity index (χ3n) is 5.29. The summed E-state index contributed by atoms with van der Waals surface area (Å²) >= 11 is 0. The molecular formula is C22H23NO2. The molecule has 25 heavy (non-hydrogen) atoms. The van der Waals surface area contributed by atoms with Crippen LogP contribution in [-0.4, -0.2) is 29.0 Å². The van der Waals surface area contributed by atoms with E-state index in [1.807, 2.05) is 6.92 Å². The summed E-state index contributed by atoms with van der Waals surface area (Å²) in [5, 5.41) is 30.1. The smallest absolute Gasteiger partial charge is 0.0633 e. The minimum absolute atomic E-state index is 0.00821. The first-order chi connectivity index (χ1) is 12.1. The van der Waals surface area contributed by atoms with Gasteiger partial charge >= 0.3 is 0 Å². The molecule has 3 N–H and O–H groups in total. The molecule has 4 rings (SSSR count). The molecule has 0 aliphatic carbocycles. The zero-order valence-electron chi connectivity index (χ0n) is 14.6. The van der Waals surface area contributed by atoms with Crippen molar-refractivity contribution in [1.82, 2.24) is 5.32 Å². The fourth-order valence-corrected chi connectivity index (χ4v) is 3.88. The lowest BCUT2D eigenvalue weighted by Crippen LogP contribution is -2.49. The van der Waals surface area contributed by atoms with E-state index in [0.29, 0.717) is 0 Å². The molecule has 1 atom stereocenters. The fraction of sp³-hybridized carbons (Fsp3) is 0.273. The summed E-state index contributed by atoms with van der Waals surface area (Å²) in [6.07, 6.45) is 0. The fourth-order valence-electron chi connectivity index (χ4n) is 3.88. The quantitative estimate of drug-likeness (QED) is 0.484. The number of nitrogens with one attached hydrogen (secondary N) is 1. The average molecular weight is 333 g/mol. The summed E-state index contributed by atoms with van der Waals surface area (Å²) < 4.78 is 0. The van der Waals surface area contributed by atoms with E-state index in [1.54, 1.807) is 0 Å². The monoisotopic (exact) mass is 333 g/mol. The Kier molecular flexibility index (Phi) is 3.88. The highest BCUT2D eigenvalue weighted by atomic mass is 16.3. The Morgan fingerprint density at radius 2 is 1.40 bits per heavy atom. The lowest BCUT2D eigenvalue weighted by Gasteiger charge is -2.31. The Morgan fingerprint density at radius 1 is 0.840 bits per heavy atom. The van der Waals surface area contributed by atoms with E-state index in [2.05, 4.69) is 66.8 Å². The highest BCUT2D eigenvalue weighted by molar-refractivity contribution is 6.23. The van der Waals surface area contributed by atoms with Gasteiger partial charge in [-0.15, -0.1) is 0 Å². The molecule has 128 valence electrons. The van der Waals surface area contributed by atoms with E-state index < -0.39 is 5.54 Å². The largest absolute Gasteiger partial charge is 0.394 e. The van der Waals surface area contributed by atoms with E-state index in [0.717, 1.165) is 0 Å². The summed E-state index contributed by atoms with van der Waals surface area (Å²) in [5.41, 5.74) is 0.475. The van der Waals surface area contributed by atoms with Crippen LogP contribution in [0.3, 0.4) is 0 Å². The third-order valence-corrected chi connectivity index (χ3v) is 5.29. The molecule has 0 saturated heterocycles. The number of rotatable bonds is 5. The van der Waals surface area contributed by atoms with Crippen molar-refractivity contribution < 1.29 is 10.2 Å². The summed E-state index contributed by atoms with van der Waals surface area (Å²) in [6.45, 7) is 3.69. The molecule has 0 aliphatic rings. The Bertz CT molecular complexity index is 1020. The number of benzene rings is 4. The minimum Gasteiger partial charge on any atom is -0.394 e. The number of hydrogen-bond donors (Lipinski definition) is 3. The molecule has 4 aromatic carbocycles. The van der Waals surface area contributed by atoms with Crippen LogP contribution in [0.1, 0.15) is 25.5 Å². The van der Waals surface area contributed by atoms with Crippen molar-refractivity contribution >= 4 is 32.3 Å². The normalized spacial score (nSPS) is 13.9. The number of aliphatic hydroxyl groups excluding tert-OH is 2. The van der Waals surface area contributed by atoms with Crippen molar-refractivity contribution in [1.29, 1.82) is 0 Å². The molecule has 0 radical (unpaired) electrons. The van der Waals surface area contributed by atoms with Crippen LogP contribution in [0.4, 0.5) is 0 Å². The van der Waals surface area contributed by atoms with Crippen LogP contribution in [-0.2, 0) is 0 Å². The van der Waals surface area contributed by atoms with Gasteiger partial charge in [0.15, 0.2) is 0 Å². The zero-order chi connectivity index (χ0) is 17.6. The van der Waals surface area contributed by atoms with Crippen molar-refractivity contribution in [3.8, 4) is 0 Å². The predicted molar refractivity (Wildman–Crippen MR) is 104 cm³/mol. The second-order valence-electron chi connectivity index (χ2n) is 7.25. The third kappa shape index (κ3) is 2.56. The van der Waals surface area contributed by atoms with Crippen LogP contribution in [0.2, 0.25) is 0 Å². The van der Waals surface area contributed by atoms with Crippen molar-refractivity contribution in [2.75, 3.05) is 13.2 Å². The molecule has 3 heteroatoms. The lowest BCUT2D eigenvalue weighted by atomic mass is 9.89. The van der Waals surface area contributed by atoms with E-state index in [1.165, 1.54) is 37.9 Å². The molecule has 0 heterocycles. The van der Waals surface area contributed by atoms with Gasteiger partial charge in [-0.05, 0) is 51.7 Å². The van der Waals surface area contributed by atoms with Crippen LogP contribution in [0.25, 0.3) is 32.3 Å². The van der Waals surface area contributed by atoms with Gasteiger partial charge in [-0.1, -0.05) is 54.6 Å². The molecule has 0 aromatic heterocycles. The SMILES string of the molecule is CC(NC(C)(CO)CO)c1ccc2ccc3cccc4ccc1c2c34. The highest BCUT2D eigenvalue weighted by Gasteiger charge is 2.25. The molecule has 0 fully saturated rings. The maximum Gasteiger partial charge on any atom is 0.0633 e. The lowest BCUT2D eigenvalue weighted by molar-refractivity contribution is 0.0959. The van der Waals surface area contributed by atoms with Gasteiger partial charge in [0.25, 0.3) is 0 Å². The van der Waals surface area contributed by atoms with E-state index in [9.17, 15) is 10.2 Å². The molecule has 0 bridgehead atoms. The topological polar surface area (TPSA) is 52.5 Å². The molecule has 3 nitrogen and oxygen atoms in total. The van der Waals surface area contributed by atoms with E-state index >= 15 is 0 Å². The number of hydrogen-bond acceptors (Lipinski definition) is 3. The molecule has 1 unspecified atom stereocenters. The molecular weight excluding hydrogens is 310 g/mol. The Morgan fingerprint density at radius 3 is 2.04 bits per heavy atom. The zero-order valence-corrected chi connectivity index (χ0v) is 14.6. The van der Waals surface area contributed by atoms with Crippen LogP contribution < -0.4 is 5.32 Å². The first kappa shape index (κ1) is 16.3. The Balaban J connectivity index is 1.93. The highest BCUT2D eigenvalue weighted by Crippen LogP contribution is 2.37. The standard InChI is InChI=1S/C22H23NO2/c1-14(23-22(2,12-24)13-25)18-10-8-17-7-6-15-4-3-5-16-9-11-19(18)21(17)20(15)16/h3-11,14,23-25H,12-13H2,1-2H3. The van der Waals surface area contributed by atoms with Gasteiger partial charge in [-0.25, -0.2) is 0 Å². The average Bonchev–Trinajstić information content (AvgIpc) is 2.65. The van der Waals surface area contributed by atoms with Crippen molar-refractivity contribution in [3.05, 3.63) is 60.2 Å². The summed E-state index contributed by atoms with van der Waals surface area (Å²) in [6, 6.07) is 19.5. The molecule has 0 saturated carbocycles. The van der Waals surface area contributed by atoms with E-state index in [-0.39, 0.29) is 19.3 Å². The minimum atomic E-state index is -0.705. The Hall–Kier alpha value is -2.20. The van der Waals surface area contributed by atoms with Crippen molar-refractivity contribution in [3.63, 3.8) is 0 Å². The van der Waals surface area contributed by atoms with Crippen molar-refractivity contribution in [2.45, 2.75) is 25.4 Å². The van der Waals surface area contributed by atoms with Crippen molar-refractivity contribution in [2.24, 2.45) is 0 Å². The molecule has 0 spiro atoms.